The minimum Gasteiger partial charge on any atom is -0.493 e. The van der Waals surface area contributed by atoms with Gasteiger partial charge in [-0.3, -0.25) is 0 Å². The molecule has 1 heterocycles. The van der Waals surface area contributed by atoms with Crippen molar-refractivity contribution in [2.45, 2.75) is 19.1 Å². The van der Waals surface area contributed by atoms with Gasteiger partial charge in [0, 0.05) is 16.7 Å². The van der Waals surface area contributed by atoms with Crippen LogP contribution in [0.25, 0.3) is 0 Å². The van der Waals surface area contributed by atoms with Crippen LogP contribution in [-0.4, -0.2) is 38.2 Å². The van der Waals surface area contributed by atoms with Crippen LogP contribution < -0.4 is 9.47 Å². The normalized spacial score (nSPS) is 21.3. The maximum Gasteiger partial charge on any atom is 0.167 e. The molecule has 1 saturated heterocycles. The molecule has 1 atom stereocenters. The van der Waals surface area contributed by atoms with Gasteiger partial charge in [-0.05, 0) is 12.5 Å². The second-order valence-corrected chi connectivity index (χ2v) is 7.06. The number of aliphatic hydroxyl groups excluding tert-OH is 1. The summed E-state index contributed by atoms with van der Waals surface area (Å²) in [5, 5.41) is 9.75. The van der Waals surface area contributed by atoms with E-state index in [-0.39, 0.29) is 18.1 Å². The Morgan fingerprint density at radius 2 is 2.21 bits per heavy atom. The van der Waals surface area contributed by atoms with Gasteiger partial charge in [0.1, 0.15) is 6.10 Å². The zero-order valence-corrected chi connectivity index (χ0v) is 12.0. The highest BCUT2D eigenvalue weighted by Gasteiger charge is 2.30. The van der Waals surface area contributed by atoms with Gasteiger partial charge in [-0.2, -0.15) is 0 Å². The quantitative estimate of drug-likeness (QED) is 0.910. The topological polar surface area (TPSA) is 72.8 Å². The maximum atomic E-state index is 11.4. The molecule has 0 spiro atoms. The van der Waals surface area contributed by atoms with Crippen LogP contribution in [0.4, 0.5) is 0 Å². The first-order valence-electron chi connectivity index (χ1n) is 5.79. The van der Waals surface area contributed by atoms with E-state index in [2.05, 4.69) is 0 Å². The van der Waals surface area contributed by atoms with E-state index in [1.54, 1.807) is 12.1 Å². The molecule has 0 aromatic heterocycles. The smallest absolute Gasteiger partial charge is 0.167 e. The van der Waals surface area contributed by atoms with Crippen molar-refractivity contribution in [3.63, 3.8) is 0 Å². The van der Waals surface area contributed by atoms with Crippen LogP contribution in [0.3, 0.4) is 0 Å². The lowest BCUT2D eigenvalue weighted by atomic mass is 10.2. The van der Waals surface area contributed by atoms with Gasteiger partial charge in [-0.25, -0.2) is 8.42 Å². The van der Waals surface area contributed by atoms with Gasteiger partial charge in [0.2, 0.25) is 0 Å². The summed E-state index contributed by atoms with van der Waals surface area (Å²) in [6, 6.07) is 3.14. The van der Waals surface area contributed by atoms with E-state index in [9.17, 15) is 13.5 Å². The fourth-order valence-corrected chi connectivity index (χ4v) is 3.87. The molecule has 5 nitrogen and oxygen atoms in total. The van der Waals surface area contributed by atoms with E-state index in [0.29, 0.717) is 28.5 Å². The van der Waals surface area contributed by atoms with Crippen LogP contribution in [0.5, 0.6) is 11.5 Å². The number of hydrogen-bond donors (Lipinski definition) is 1. The first-order valence-corrected chi connectivity index (χ1v) is 7.99. The van der Waals surface area contributed by atoms with Crippen molar-refractivity contribution in [1.82, 2.24) is 0 Å². The SMILES string of the molecule is COc1cc(Cl)cc(CO)c1OC1CCS(=O)(=O)C1. The molecule has 0 radical (unpaired) electrons. The Hall–Kier alpha value is -0.980. The highest BCUT2D eigenvalue weighted by atomic mass is 35.5. The van der Waals surface area contributed by atoms with Gasteiger partial charge in [0.25, 0.3) is 0 Å². The first kappa shape index (κ1) is 14.4. The number of hydrogen-bond acceptors (Lipinski definition) is 5. The molecule has 106 valence electrons. The largest absolute Gasteiger partial charge is 0.493 e. The lowest BCUT2D eigenvalue weighted by molar-refractivity contribution is 0.205. The molecular formula is C12H15ClO5S. The van der Waals surface area contributed by atoms with Gasteiger partial charge >= 0.3 is 0 Å². The van der Waals surface area contributed by atoms with E-state index in [1.807, 2.05) is 0 Å². The van der Waals surface area contributed by atoms with E-state index in [0.717, 1.165) is 0 Å². The molecule has 19 heavy (non-hydrogen) atoms. The number of benzene rings is 1. The molecule has 1 aromatic rings. The summed E-state index contributed by atoms with van der Waals surface area (Å²) >= 11 is 5.90. The Balaban J connectivity index is 2.29. The van der Waals surface area contributed by atoms with Gasteiger partial charge in [-0.1, -0.05) is 11.6 Å². The average Bonchev–Trinajstić information content (AvgIpc) is 2.70. The predicted molar refractivity (Wildman–Crippen MR) is 71.6 cm³/mol. The number of halogens is 1. The van der Waals surface area contributed by atoms with Crippen LogP contribution in [-0.2, 0) is 16.4 Å². The Labute approximate surface area is 117 Å². The summed E-state index contributed by atoms with van der Waals surface area (Å²) in [4.78, 5) is 0. The monoisotopic (exact) mass is 306 g/mol. The number of aliphatic hydroxyl groups is 1. The van der Waals surface area contributed by atoms with Crippen molar-refractivity contribution < 1.29 is 23.0 Å². The molecule has 1 aliphatic heterocycles. The van der Waals surface area contributed by atoms with Gasteiger partial charge < -0.3 is 14.6 Å². The number of ether oxygens (including phenoxy) is 2. The molecule has 0 bridgehead atoms. The van der Waals surface area contributed by atoms with Gasteiger partial charge in [0.05, 0.1) is 25.2 Å². The standard InChI is InChI=1S/C12H15ClO5S/c1-17-11-5-9(13)4-8(6-14)12(11)18-10-2-3-19(15,16)7-10/h4-5,10,14H,2-3,6-7H2,1H3. The molecule has 7 heteroatoms. The number of methoxy groups -OCH3 is 1. The predicted octanol–water partition coefficient (Wildman–Crippen LogP) is 1.41. The molecule has 1 aromatic carbocycles. The molecule has 1 aliphatic rings. The molecule has 1 N–H and O–H groups in total. The van der Waals surface area contributed by atoms with Gasteiger partial charge in [-0.15, -0.1) is 0 Å². The van der Waals surface area contributed by atoms with Crippen molar-refractivity contribution in [2.24, 2.45) is 0 Å². The lowest BCUT2D eigenvalue weighted by Gasteiger charge is -2.18. The highest BCUT2D eigenvalue weighted by molar-refractivity contribution is 7.91. The minimum atomic E-state index is -3.02. The maximum absolute atomic E-state index is 11.4. The van der Waals surface area contributed by atoms with Gasteiger partial charge in [0.15, 0.2) is 21.3 Å². The Morgan fingerprint density at radius 3 is 2.74 bits per heavy atom. The van der Waals surface area contributed by atoms with Crippen molar-refractivity contribution in [2.75, 3.05) is 18.6 Å². The van der Waals surface area contributed by atoms with E-state index >= 15 is 0 Å². The zero-order valence-electron chi connectivity index (χ0n) is 10.4. The van der Waals surface area contributed by atoms with Crippen LogP contribution in [0.2, 0.25) is 5.02 Å². The first-order chi connectivity index (χ1) is 8.95. The fourth-order valence-electron chi connectivity index (χ4n) is 2.05. The molecule has 0 saturated carbocycles. The summed E-state index contributed by atoms with van der Waals surface area (Å²) in [6.45, 7) is -0.258. The lowest BCUT2D eigenvalue weighted by Crippen LogP contribution is -2.19. The fraction of sp³-hybridized carbons (Fsp3) is 0.500. The van der Waals surface area contributed by atoms with Crippen molar-refractivity contribution >= 4 is 21.4 Å². The van der Waals surface area contributed by atoms with Crippen LogP contribution in [0, 0.1) is 0 Å². The third kappa shape index (κ3) is 3.32. The minimum absolute atomic E-state index is 0.0103. The second-order valence-electron chi connectivity index (χ2n) is 4.40. The van der Waals surface area contributed by atoms with Crippen molar-refractivity contribution in [3.8, 4) is 11.5 Å². The second kappa shape index (κ2) is 5.56. The molecular weight excluding hydrogens is 292 g/mol. The number of sulfone groups is 1. The van der Waals surface area contributed by atoms with Crippen LogP contribution in [0.1, 0.15) is 12.0 Å². The van der Waals surface area contributed by atoms with Crippen molar-refractivity contribution in [1.29, 1.82) is 0 Å². The van der Waals surface area contributed by atoms with Crippen LogP contribution in [0.15, 0.2) is 12.1 Å². The summed E-state index contributed by atoms with van der Waals surface area (Å²) in [6.07, 6.45) is 0.0317. The van der Waals surface area contributed by atoms with E-state index < -0.39 is 15.9 Å². The third-order valence-corrected chi connectivity index (χ3v) is 4.92. The summed E-state index contributed by atoms with van der Waals surface area (Å²) < 4.78 is 33.7. The van der Waals surface area contributed by atoms with E-state index in [1.165, 1.54) is 7.11 Å². The Kier molecular flexibility index (Phi) is 4.23. The summed E-state index contributed by atoms with van der Waals surface area (Å²) in [5.74, 6) is 0.864. The molecule has 1 unspecified atom stereocenters. The molecule has 2 rings (SSSR count). The van der Waals surface area contributed by atoms with E-state index in [4.69, 9.17) is 21.1 Å². The summed E-state index contributed by atoms with van der Waals surface area (Å²) in [5.41, 5.74) is 0.480. The Bertz CT molecular complexity index is 544. The summed E-state index contributed by atoms with van der Waals surface area (Å²) in [7, 11) is -1.55. The Morgan fingerprint density at radius 1 is 1.47 bits per heavy atom. The molecule has 1 fully saturated rings. The number of rotatable bonds is 4. The van der Waals surface area contributed by atoms with Crippen molar-refractivity contribution in [3.05, 3.63) is 22.7 Å². The van der Waals surface area contributed by atoms with Crippen LogP contribution >= 0.6 is 11.6 Å². The third-order valence-electron chi connectivity index (χ3n) is 2.96. The zero-order chi connectivity index (χ0) is 14.0. The molecule has 0 aliphatic carbocycles. The average molecular weight is 307 g/mol. The molecule has 0 amide bonds. The highest BCUT2D eigenvalue weighted by Crippen LogP contribution is 2.36.